The van der Waals surface area contributed by atoms with E-state index in [0.29, 0.717) is 12.3 Å². The summed E-state index contributed by atoms with van der Waals surface area (Å²) in [6.45, 7) is 0.433. The summed E-state index contributed by atoms with van der Waals surface area (Å²) in [4.78, 5) is 12.0. The third kappa shape index (κ3) is 2.90. The normalized spacial score (nSPS) is 16.5. The Labute approximate surface area is 118 Å². The highest BCUT2D eigenvalue weighted by Gasteiger charge is 2.55. The molecule has 2 rings (SSSR count). The standard InChI is InChI=1S/C15H12F4O2/c1-14(16,13(21)15(17,18)19)12(20)11-7-6-9-4-2-3-5-10(9)8-11/h2-8,13,21H,1H3. The zero-order valence-corrected chi connectivity index (χ0v) is 11.0. The van der Waals surface area contributed by atoms with Gasteiger partial charge in [0.25, 0.3) is 0 Å². The third-order valence-electron chi connectivity index (χ3n) is 3.28. The Morgan fingerprint density at radius 2 is 1.62 bits per heavy atom. The molecule has 0 spiro atoms. The van der Waals surface area contributed by atoms with E-state index < -0.39 is 23.7 Å². The second kappa shape index (κ2) is 5.11. The average molecular weight is 300 g/mol. The first-order valence-electron chi connectivity index (χ1n) is 6.11. The number of hydrogen-bond acceptors (Lipinski definition) is 2. The topological polar surface area (TPSA) is 37.3 Å². The number of benzene rings is 2. The first kappa shape index (κ1) is 15.4. The molecule has 112 valence electrons. The molecule has 0 aliphatic rings. The van der Waals surface area contributed by atoms with Crippen molar-refractivity contribution in [2.45, 2.75) is 24.9 Å². The number of aliphatic hydroxyl groups is 1. The summed E-state index contributed by atoms with van der Waals surface area (Å²) in [7, 11) is 0. The average Bonchev–Trinajstić information content (AvgIpc) is 2.44. The summed E-state index contributed by atoms with van der Waals surface area (Å²) in [6.07, 6.45) is -8.58. The molecule has 0 fully saturated rings. The molecule has 2 atom stereocenters. The lowest BCUT2D eigenvalue weighted by atomic mass is 9.90. The SMILES string of the molecule is CC(F)(C(=O)c1ccc2ccccc2c1)C(O)C(F)(F)F. The van der Waals surface area contributed by atoms with Crippen LogP contribution in [0.5, 0.6) is 0 Å². The molecule has 2 unspecified atom stereocenters. The second-order valence-corrected chi connectivity index (χ2v) is 4.91. The largest absolute Gasteiger partial charge is 0.418 e. The Morgan fingerprint density at radius 3 is 2.19 bits per heavy atom. The maximum Gasteiger partial charge on any atom is 0.418 e. The van der Waals surface area contributed by atoms with Gasteiger partial charge in [0.15, 0.2) is 6.10 Å². The number of alkyl halides is 4. The van der Waals surface area contributed by atoms with E-state index in [-0.39, 0.29) is 5.56 Å². The summed E-state index contributed by atoms with van der Waals surface area (Å²) >= 11 is 0. The minimum atomic E-state index is -5.21. The monoisotopic (exact) mass is 300 g/mol. The van der Waals surface area contributed by atoms with E-state index >= 15 is 0 Å². The van der Waals surface area contributed by atoms with Gasteiger partial charge in [0, 0.05) is 5.56 Å². The van der Waals surface area contributed by atoms with Gasteiger partial charge in [-0.2, -0.15) is 13.2 Å². The van der Waals surface area contributed by atoms with Crippen LogP contribution in [0.2, 0.25) is 0 Å². The van der Waals surface area contributed by atoms with Gasteiger partial charge < -0.3 is 5.11 Å². The zero-order valence-electron chi connectivity index (χ0n) is 11.0. The Balaban J connectivity index is 2.41. The van der Waals surface area contributed by atoms with Gasteiger partial charge in [-0.15, -0.1) is 0 Å². The molecule has 0 amide bonds. The fraction of sp³-hybridized carbons (Fsp3) is 0.267. The molecular formula is C15H12F4O2. The lowest BCUT2D eigenvalue weighted by Crippen LogP contribution is -2.50. The highest BCUT2D eigenvalue weighted by atomic mass is 19.4. The lowest BCUT2D eigenvalue weighted by molar-refractivity contribution is -0.230. The van der Waals surface area contributed by atoms with Gasteiger partial charge in [0.2, 0.25) is 11.5 Å². The van der Waals surface area contributed by atoms with Crippen molar-refractivity contribution in [1.82, 2.24) is 0 Å². The van der Waals surface area contributed by atoms with Crippen molar-refractivity contribution in [2.24, 2.45) is 0 Å². The van der Waals surface area contributed by atoms with Gasteiger partial charge in [-0.05, 0) is 23.8 Å². The predicted octanol–water partition coefficient (Wildman–Crippen LogP) is 3.67. The van der Waals surface area contributed by atoms with Crippen LogP contribution in [0.1, 0.15) is 17.3 Å². The molecule has 0 radical (unpaired) electrons. The van der Waals surface area contributed by atoms with E-state index in [1.807, 2.05) is 0 Å². The van der Waals surface area contributed by atoms with Crippen LogP contribution in [-0.2, 0) is 0 Å². The van der Waals surface area contributed by atoms with E-state index in [9.17, 15) is 22.4 Å². The Morgan fingerprint density at radius 1 is 1.05 bits per heavy atom. The van der Waals surface area contributed by atoms with Gasteiger partial charge in [-0.25, -0.2) is 4.39 Å². The van der Waals surface area contributed by atoms with Crippen molar-refractivity contribution in [1.29, 1.82) is 0 Å². The molecule has 0 aliphatic carbocycles. The van der Waals surface area contributed by atoms with Crippen LogP contribution in [0, 0.1) is 0 Å². The third-order valence-corrected chi connectivity index (χ3v) is 3.28. The molecule has 2 aromatic rings. The van der Waals surface area contributed by atoms with E-state index in [1.54, 1.807) is 24.3 Å². The summed E-state index contributed by atoms with van der Waals surface area (Å²) in [5, 5.41) is 10.4. The molecule has 0 bridgehead atoms. The molecule has 2 nitrogen and oxygen atoms in total. The number of ketones is 1. The summed E-state index contributed by atoms with van der Waals surface area (Å²) < 4.78 is 51.4. The highest BCUT2D eigenvalue weighted by molar-refractivity contribution is 6.05. The molecule has 0 aromatic heterocycles. The number of Topliss-reactive ketones (excluding diaryl/α,β-unsaturated/α-hetero) is 1. The summed E-state index contributed by atoms with van der Waals surface area (Å²) in [5.41, 5.74) is -3.66. The fourth-order valence-electron chi connectivity index (χ4n) is 2.04. The number of fused-ring (bicyclic) bond motifs is 1. The van der Waals surface area contributed by atoms with Crippen molar-refractivity contribution < 1.29 is 27.5 Å². The summed E-state index contributed by atoms with van der Waals surface area (Å²) in [6, 6.07) is 10.9. The minimum absolute atomic E-state index is 0.220. The number of carbonyl (C=O) groups excluding carboxylic acids is 1. The first-order valence-corrected chi connectivity index (χ1v) is 6.11. The molecule has 0 saturated carbocycles. The molecule has 0 heterocycles. The van der Waals surface area contributed by atoms with Crippen molar-refractivity contribution >= 4 is 16.6 Å². The van der Waals surface area contributed by atoms with Crippen LogP contribution in [0.4, 0.5) is 17.6 Å². The van der Waals surface area contributed by atoms with Crippen molar-refractivity contribution in [3.8, 4) is 0 Å². The zero-order chi connectivity index (χ0) is 15.8. The molecule has 2 aromatic carbocycles. The smallest absolute Gasteiger partial charge is 0.381 e. The Bertz CT molecular complexity index is 677. The van der Waals surface area contributed by atoms with Crippen molar-refractivity contribution in [3.63, 3.8) is 0 Å². The van der Waals surface area contributed by atoms with Crippen molar-refractivity contribution in [3.05, 3.63) is 48.0 Å². The molecule has 6 heteroatoms. The lowest BCUT2D eigenvalue weighted by Gasteiger charge is -2.26. The van der Waals surface area contributed by atoms with Gasteiger partial charge >= 0.3 is 6.18 Å². The highest BCUT2D eigenvalue weighted by Crippen LogP contribution is 2.33. The maximum atomic E-state index is 14.1. The number of hydrogen-bond donors (Lipinski definition) is 1. The Kier molecular flexibility index (Phi) is 3.76. The van der Waals surface area contributed by atoms with Crippen molar-refractivity contribution in [2.75, 3.05) is 0 Å². The van der Waals surface area contributed by atoms with E-state index in [0.717, 1.165) is 5.39 Å². The first-order chi connectivity index (χ1) is 9.64. The van der Waals surface area contributed by atoms with E-state index in [2.05, 4.69) is 0 Å². The number of halogens is 4. The number of aliphatic hydroxyl groups excluding tert-OH is 1. The molecule has 0 saturated heterocycles. The number of rotatable bonds is 3. The van der Waals surface area contributed by atoms with Crippen LogP contribution in [0.25, 0.3) is 10.8 Å². The summed E-state index contributed by atoms with van der Waals surface area (Å²) in [5.74, 6) is -1.40. The number of carbonyl (C=O) groups is 1. The molecule has 0 aliphatic heterocycles. The van der Waals surface area contributed by atoms with Gasteiger partial charge in [0.05, 0.1) is 0 Å². The van der Waals surface area contributed by atoms with Gasteiger partial charge in [-0.3, -0.25) is 4.79 Å². The molecule has 1 N–H and O–H groups in total. The van der Waals surface area contributed by atoms with Gasteiger partial charge in [-0.1, -0.05) is 36.4 Å². The van der Waals surface area contributed by atoms with E-state index in [4.69, 9.17) is 5.11 Å². The van der Waals surface area contributed by atoms with Crippen LogP contribution in [0.15, 0.2) is 42.5 Å². The Hall–Kier alpha value is -1.95. The maximum absolute atomic E-state index is 14.1. The second-order valence-electron chi connectivity index (χ2n) is 4.91. The van der Waals surface area contributed by atoms with Gasteiger partial charge in [0.1, 0.15) is 0 Å². The van der Waals surface area contributed by atoms with Crippen LogP contribution in [-0.4, -0.2) is 28.8 Å². The van der Waals surface area contributed by atoms with E-state index in [1.165, 1.54) is 18.2 Å². The van der Waals surface area contributed by atoms with Crippen LogP contribution in [0.3, 0.4) is 0 Å². The fourth-order valence-corrected chi connectivity index (χ4v) is 2.04. The molecule has 21 heavy (non-hydrogen) atoms. The quantitative estimate of drug-likeness (QED) is 0.693. The van der Waals surface area contributed by atoms with Crippen LogP contribution >= 0.6 is 0 Å². The predicted molar refractivity (Wildman–Crippen MR) is 69.9 cm³/mol. The minimum Gasteiger partial charge on any atom is -0.381 e. The van der Waals surface area contributed by atoms with Crippen LogP contribution < -0.4 is 0 Å². The molecular weight excluding hydrogens is 288 g/mol.